The highest BCUT2D eigenvalue weighted by Crippen LogP contribution is 2.13. The summed E-state index contributed by atoms with van der Waals surface area (Å²) in [5.41, 5.74) is -0.590. The van der Waals surface area contributed by atoms with Crippen molar-refractivity contribution in [2.45, 2.75) is 89.5 Å². The van der Waals surface area contributed by atoms with Crippen molar-refractivity contribution in [1.29, 1.82) is 0 Å². The molecule has 0 unspecified atom stereocenters. The molecular weight excluding hydrogens is 286 g/mol. The third-order valence-electron chi connectivity index (χ3n) is 4.43. The molecule has 0 aromatic rings. The predicted octanol–water partition coefficient (Wildman–Crippen LogP) is 5.20. The Labute approximate surface area is 145 Å². The Morgan fingerprint density at radius 1 is 0.870 bits per heavy atom. The smallest absolute Gasteiger partial charge is 0.305 e. The number of carbonyl (C=O) groups excluding carboxylic acids is 1. The summed E-state index contributed by atoms with van der Waals surface area (Å²) < 4.78 is 5.25. The zero-order chi connectivity index (χ0) is 17.6. The number of hydrogen-bond donors (Lipinski definition) is 0. The van der Waals surface area contributed by atoms with E-state index in [-0.39, 0.29) is 12.6 Å². The fraction of sp³-hybridized carbons (Fsp3) is 0.850. The fourth-order valence-corrected chi connectivity index (χ4v) is 2.35. The van der Waals surface area contributed by atoms with Crippen LogP contribution in [0.2, 0.25) is 0 Å². The first-order chi connectivity index (χ1) is 10.9. The van der Waals surface area contributed by atoms with Crippen LogP contribution in [0.25, 0.3) is 0 Å². The minimum absolute atomic E-state index is 0.126. The van der Waals surface area contributed by atoms with E-state index in [1.807, 2.05) is 19.0 Å². The molecule has 0 aromatic heterocycles. The summed E-state index contributed by atoms with van der Waals surface area (Å²) in [5.74, 6) is -0.126. The predicted molar refractivity (Wildman–Crippen MR) is 99.2 cm³/mol. The quantitative estimate of drug-likeness (QED) is 0.306. The summed E-state index contributed by atoms with van der Waals surface area (Å²) in [6.07, 6.45) is 14.7. The van der Waals surface area contributed by atoms with Crippen LogP contribution in [0, 0.1) is 13.8 Å². The zero-order valence-corrected chi connectivity index (χ0v) is 15.9. The van der Waals surface area contributed by atoms with Gasteiger partial charge in [0.25, 0.3) is 0 Å². The van der Waals surface area contributed by atoms with E-state index >= 15 is 0 Å². The lowest BCUT2D eigenvalue weighted by Crippen LogP contribution is -2.43. The van der Waals surface area contributed by atoms with Gasteiger partial charge in [-0.15, -0.1) is 0 Å². The molecule has 0 aliphatic heterocycles. The summed E-state index contributed by atoms with van der Waals surface area (Å²) in [5, 5.41) is 0. The van der Waals surface area contributed by atoms with Crippen molar-refractivity contribution in [2.75, 3.05) is 20.7 Å². The van der Waals surface area contributed by atoms with Gasteiger partial charge in [0.2, 0.25) is 0 Å². The summed E-state index contributed by atoms with van der Waals surface area (Å²) >= 11 is 0. The summed E-state index contributed by atoms with van der Waals surface area (Å²) in [6, 6.07) is 0. The standard InChI is InChI=1S/C20H39NO2/c1-6-7-8-9-10-11-12-13-14-15-16-17-19(22)23-18-20(2,3)21(4)5/h2-3,6-18H2,1,4-5H3. The molecule has 0 bridgehead atoms. The molecule has 0 saturated carbocycles. The number of nitrogens with zero attached hydrogens (tertiary/aromatic N) is 1. The second-order valence-corrected chi connectivity index (χ2v) is 7.06. The van der Waals surface area contributed by atoms with E-state index in [0.29, 0.717) is 6.42 Å². The molecule has 3 nitrogen and oxygen atoms in total. The number of unbranched alkanes of at least 4 members (excludes halogenated alkanes) is 10. The van der Waals surface area contributed by atoms with Crippen LogP contribution in [-0.2, 0) is 9.53 Å². The molecule has 0 amide bonds. The van der Waals surface area contributed by atoms with E-state index in [4.69, 9.17) is 4.74 Å². The molecule has 0 aliphatic rings. The van der Waals surface area contributed by atoms with Gasteiger partial charge in [0.15, 0.2) is 0 Å². The van der Waals surface area contributed by atoms with Gasteiger partial charge in [-0.2, -0.15) is 0 Å². The third-order valence-corrected chi connectivity index (χ3v) is 4.43. The maximum absolute atomic E-state index is 11.7. The van der Waals surface area contributed by atoms with Gasteiger partial charge in [-0.1, -0.05) is 71.1 Å². The highest BCUT2D eigenvalue weighted by Gasteiger charge is 2.22. The van der Waals surface area contributed by atoms with Gasteiger partial charge >= 0.3 is 5.97 Å². The Morgan fingerprint density at radius 2 is 1.30 bits per heavy atom. The van der Waals surface area contributed by atoms with Crippen molar-refractivity contribution in [2.24, 2.45) is 0 Å². The van der Waals surface area contributed by atoms with Gasteiger partial charge in [0.1, 0.15) is 6.61 Å². The van der Waals surface area contributed by atoms with E-state index in [1.165, 1.54) is 57.8 Å². The Hall–Kier alpha value is -0.570. The SMILES string of the molecule is [CH2]C([CH2])(COC(=O)CCCCCCCCCCCCC)N(C)C. The lowest BCUT2D eigenvalue weighted by atomic mass is 10.1. The molecule has 0 aliphatic carbocycles. The molecule has 23 heavy (non-hydrogen) atoms. The number of ether oxygens (including phenoxy) is 1. The molecule has 0 spiro atoms. The third kappa shape index (κ3) is 13.6. The van der Waals surface area contributed by atoms with Crippen molar-refractivity contribution < 1.29 is 9.53 Å². The first-order valence-electron chi connectivity index (χ1n) is 9.44. The van der Waals surface area contributed by atoms with Crippen molar-refractivity contribution in [3.8, 4) is 0 Å². The summed E-state index contributed by atoms with van der Waals surface area (Å²) in [4.78, 5) is 13.5. The fourth-order valence-electron chi connectivity index (χ4n) is 2.35. The average Bonchev–Trinajstić information content (AvgIpc) is 2.50. The summed E-state index contributed by atoms with van der Waals surface area (Å²) in [6.45, 7) is 10.4. The normalized spacial score (nSPS) is 11.9. The highest BCUT2D eigenvalue weighted by atomic mass is 16.5. The maximum Gasteiger partial charge on any atom is 0.305 e. The average molecular weight is 326 g/mol. The van der Waals surface area contributed by atoms with Crippen LogP contribution in [0.4, 0.5) is 0 Å². The van der Waals surface area contributed by atoms with Gasteiger partial charge in [-0.05, 0) is 34.4 Å². The molecule has 0 N–H and O–H groups in total. The van der Waals surface area contributed by atoms with Gasteiger partial charge in [-0.25, -0.2) is 0 Å². The Morgan fingerprint density at radius 3 is 1.74 bits per heavy atom. The first kappa shape index (κ1) is 22.4. The van der Waals surface area contributed by atoms with Crippen molar-refractivity contribution in [1.82, 2.24) is 4.90 Å². The molecule has 0 aromatic carbocycles. The molecule has 0 saturated heterocycles. The van der Waals surface area contributed by atoms with Crippen molar-refractivity contribution in [3.05, 3.63) is 13.8 Å². The monoisotopic (exact) mass is 325 g/mol. The Bertz CT molecular complexity index is 287. The number of esters is 1. The molecule has 0 fully saturated rings. The van der Waals surface area contributed by atoms with Crippen molar-refractivity contribution in [3.63, 3.8) is 0 Å². The minimum atomic E-state index is -0.590. The zero-order valence-electron chi connectivity index (χ0n) is 15.9. The molecule has 136 valence electrons. The lowest BCUT2D eigenvalue weighted by Gasteiger charge is -2.31. The molecule has 3 heteroatoms. The van der Waals surface area contributed by atoms with Crippen LogP contribution in [0.1, 0.15) is 84.0 Å². The van der Waals surface area contributed by atoms with Crippen molar-refractivity contribution >= 4 is 5.97 Å². The van der Waals surface area contributed by atoms with E-state index < -0.39 is 5.54 Å². The number of likely N-dealkylation sites (N-methyl/N-ethyl adjacent to an activating group) is 1. The molecule has 2 radical (unpaired) electrons. The van der Waals surface area contributed by atoms with Crippen LogP contribution < -0.4 is 0 Å². The van der Waals surface area contributed by atoms with E-state index in [0.717, 1.165) is 12.8 Å². The van der Waals surface area contributed by atoms with Crippen LogP contribution in [0.15, 0.2) is 0 Å². The topological polar surface area (TPSA) is 29.5 Å². The summed E-state index contributed by atoms with van der Waals surface area (Å²) in [7, 11) is 3.77. The van der Waals surface area contributed by atoms with Crippen LogP contribution in [-0.4, -0.2) is 37.1 Å². The number of hydrogen-bond acceptors (Lipinski definition) is 3. The second-order valence-electron chi connectivity index (χ2n) is 7.06. The maximum atomic E-state index is 11.7. The Kier molecular flexibility index (Phi) is 13.5. The molecule has 0 atom stereocenters. The first-order valence-corrected chi connectivity index (χ1v) is 9.44. The molecule has 0 heterocycles. The minimum Gasteiger partial charge on any atom is -0.464 e. The number of rotatable bonds is 15. The molecular formula is C20H39NO2. The van der Waals surface area contributed by atoms with Gasteiger partial charge in [0, 0.05) is 6.42 Å². The highest BCUT2D eigenvalue weighted by molar-refractivity contribution is 5.69. The van der Waals surface area contributed by atoms with Crippen LogP contribution in [0.3, 0.4) is 0 Å². The Balaban J connectivity index is 3.36. The van der Waals surface area contributed by atoms with Gasteiger partial charge < -0.3 is 9.64 Å². The largest absolute Gasteiger partial charge is 0.464 e. The van der Waals surface area contributed by atoms with Gasteiger partial charge in [-0.3, -0.25) is 4.79 Å². The van der Waals surface area contributed by atoms with Crippen LogP contribution >= 0.6 is 0 Å². The van der Waals surface area contributed by atoms with E-state index in [1.54, 1.807) is 0 Å². The van der Waals surface area contributed by atoms with Gasteiger partial charge in [0.05, 0.1) is 5.54 Å². The molecule has 0 rings (SSSR count). The van der Waals surface area contributed by atoms with E-state index in [9.17, 15) is 4.79 Å². The second kappa shape index (κ2) is 13.8. The van der Waals surface area contributed by atoms with E-state index in [2.05, 4.69) is 20.8 Å². The lowest BCUT2D eigenvalue weighted by molar-refractivity contribution is -0.146. The van der Waals surface area contributed by atoms with Crippen LogP contribution in [0.5, 0.6) is 0 Å². The number of carbonyl (C=O) groups is 1.